The maximum Gasteiger partial charge on any atom is 0.255 e. The molecule has 1 heterocycles. The maximum absolute atomic E-state index is 12.0. The molecule has 4 nitrogen and oxygen atoms in total. The van der Waals surface area contributed by atoms with Gasteiger partial charge in [-0.15, -0.1) is 0 Å². The first kappa shape index (κ1) is 12.9. The molecule has 0 radical (unpaired) electrons. The van der Waals surface area contributed by atoms with Crippen LogP contribution in [0.1, 0.15) is 10.4 Å². The topological polar surface area (TPSA) is 68.0 Å². The quantitative estimate of drug-likeness (QED) is 0.889. The zero-order valence-corrected chi connectivity index (χ0v) is 11.5. The Morgan fingerprint density at radius 3 is 2.83 bits per heavy atom. The molecule has 0 unspecified atom stereocenters. The summed E-state index contributed by atoms with van der Waals surface area (Å²) in [6.45, 7) is 0. The number of amides is 1. The summed E-state index contributed by atoms with van der Waals surface area (Å²) < 4.78 is 0.830. The van der Waals surface area contributed by atoms with Gasteiger partial charge in [0.05, 0.1) is 10.7 Å². The van der Waals surface area contributed by atoms with Crippen LogP contribution in [0.15, 0.2) is 41.0 Å². The molecule has 1 aromatic heterocycles. The predicted octanol–water partition coefficient (Wildman–Crippen LogP) is 3.33. The molecule has 18 heavy (non-hydrogen) atoms. The van der Waals surface area contributed by atoms with Crippen LogP contribution in [0.25, 0.3) is 0 Å². The van der Waals surface area contributed by atoms with E-state index < -0.39 is 0 Å². The lowest BCUT2D eigenvalue weighted by molar-refractivity contribution is 0.102. The molecule has 0 atom stereocenters. The predicted molar refractivity (Wildman–Crippen MR) is 75.8 cm³/mol. The van der Waals surface area contributed by atoms with Crippen molar-refractivity contribution in [3.8, 4) is 0 Å². The zero-order valence-electron chi connectivity index (χ0n) is 9.15. The minimum atomic E-state index is -0.288. The average molecular weight is 327 g/mol. The minimum Gasteiger partial charge on any atom is -0.384 e. The Bertz CT molecular complexity index is 604. The average Bonchev–Trinajstić information content (AvgIpc) is 2.34. The van der Waals surface area contributed by atoms with E-state index in [1.54, 1.807) is 24.3 Å². The van der Waals surface area contributed by atoms with Gasteiger partial charge in [-0.25, -0.2) is 4.98 Å². The van der Waals surface area contributed by atoms with Crippen molar-refractivity contribution >= 4 is 44.9 Å². The van der Waals surface area contributed by atoms with Gasteiger partial charge < -0.3 is 11.1 Å². The number of nitrogens with zero attached hydrogens (tertiary/aromatic N) is 1. The second kappa shape index (κ2) is 5.37. The molecule has 0 spiro atoms. The van der Waals surface area contributed by atoms with Crippen LogP contribution in [-0.4, -0.2) is 10.9 Å². The van der Waals surface area contributed by atoms with E-state index in [1.165, 1.54) is 12.3 Å². The highest BCUT2D eigenvalue weighted by Crippen LogP contribution is 2.26. The molecule has 0 bridgehead atoms. The first-order chi connectivity index (χ1) is 8.56. The van der Waals surface area contributed by atoms with Crippen LogP contribution in [0.4, 0.5) is 11.5 Å². The molecule has 92 valence electrons. The maximum atomic E-state index is 12.0. The Kier molecular flexibility index (Phi) is 3.84. The molecular weight excluding hydrogens is 318 g/mol. The van der Waals surface area contributed by atoms with Crippen LogP contribution in [0.3, 0.4) is 0 Å². The number of carbonyl (C=O) groups is 1. The molecule has 2 aromatic rings. The number of carbonyl (C=O) groups excluding carboxylic acids is 1. The molecule has 0 saturated heterocycles. The number of rotatable bonds is 2. The Morgan fingerprint density at radius 1 is 1.33 bits per heavy atom. The number of hydrogen-bond acceptors (Lipinski definition) is 3. The summed E-state index contributed by atoms with van der Waals surface area (Å²) in [6, 6.07) is 8.30. The van der Waals surface area contributed by atoms with Crippen molar-refractivity contribution in [2.75, 3.05) is 11.1 Å². The molecule has 0 aliphatic carbocycles. The van der Waals surface area contributed by atoms with Gasteiger partial charge in [-0.05, 0) is 30.3 Å². The highest BCUT2D eigenvalue weighted by Gasteiger charge is 2.09. The number of hydrogen-bond donors (Lipinski definition) is 2. The molecule has 0 aliphatic heterocycles. The molecule has 0 fully saturated rings. The highest BCUT2D eigenvalue weighted by atomic mass is 79.9. The summed E-state index contributed by atoms with van der Waals surface area (Å²) in [5.41, 5.74) is 6.48. The number of benzene rings is 1. The first-order valence-corrected chi connectivity index (χ1v) is 6.21. The van der Waals surface area contributed by atoms with Crippen LogP contribution in [0, 0.1) is 0 Å². The Labute approximate surface area is 117 Å². The van der Waals surface area contributed by atoms with E-state index in [2.05, 4.69) is 26.2 Å². The summed E-state index contributed by atoms with van der Waals surface area (Å²) >= 11 is 9.30. The molecular formula is C12H9BrClN3O. The molecule has 0 saturated carbocycles. The van der Waals surface area contributed by atoms with Crippen LogP contribution < -0.4 is 11.1 Å². The van der Waals surface area contributed by atoms with Crippen molar-refractivity contribution in [1.29, 1.82) is 0 Å². The van der Waals surface area contributed by atoms with Crippen molar-refractivity contribution in [2.24, 2.45) is 0 Å². The Hall–Kier alpha value is -1.59. The van der Waals surface area contributed by atoms with E-state index in [-0.39, 0.29) is 5.91 Å². The van der Waals surface area contributed by atoms with Crippen molar-refractivity contribution < 1.29 is 4.79 Å². The van der Waals surface area contributed by atoms with Crippen LogP contribution in [-0.2, 0) is 0 Å². The lowest BCUT2D eigenvalue weighted by Crippen LogP contribution is -2.12. The summed E-state index contributed by atoms with van der Waals surface area (Å²) in [4.78, 5) is 15.8. The number of anilines is 2. The number of nitrogens with two attached hydrogens (primary N) is 1. The smallest absolute Gasteiger partial charge is 0.255 e. The number of nitrogens with one attached hydrogen (secondary N) is 1. The summed E-state index contributed by atoms with van der Waals surface area (Å²) in [5.74, 6) is 0.00656. The normalized spacial score (nSPS) is 10.1. The molecule has 0 aliphatic rings. The lowest BCUT2D eigenvalue weighted by atomic mass is 10.2. The second-order valence-electron chi connectivity index (χ2n) is 3.55. The Balaban J connectivity index is 2.24. The summed E-state index contributed by atoms with van der Waals surface area (Å²) in [7, 11) is 0. The van der Waals surface area contributed by atoms with Gasteiger partial charge in [0.2, 0.25) is 0 Å². The van der Waals surface area contributed by atoms with Gasteiger partial charge in [-0.3, -0.25) is 4.79 Å². The van der Waals surface area contributed by atoms with Gasteiger partial charge in [0, 0.05) is 16.2 Å². The van der Waals surface area contributed by atoms with E-state index in [9.17, 15) is 4.79 Å². The standard InChI is InChI=1S/C12H9BrClN3O/c13-8-1-2-9(14)10(6-8)17-12(18)7-3-4-16-11(15)5-7/h1-6H,(H2,15,16)(H,17,18). The number of halogens is 2. The molecule has 6 heteroatoms. The van der Waals surface area contributed by atoms with Crippen LogP contribution >= 0.6 is 27.5 Å². The van der Waals surface area contributed by atoms with Crippen LogP contribution in [0.5, 0.6) is 0 Å². The lowest BCUT2D eigenvalue weighted by Gasteiger charge is -2.07. The van der Waals surface area contributed by atoms with E-state index >= 15 is 0 Å². The fourth-order valence-corrected chi connectivity index (χ4v) is 1.90. The number of nitrogen functional groups attached to an aromatic ring is 1. The van der Waals surface area contributed by atoms with Crippen molar-refractivity contribution in [3.05, 3.63) is 51.6 Å². The molecule has 3 N–H and O–H groups in total. The monoisotopic (exact) mass is 325 g/mol. The van der Waals surface area contributed by atoms with E-state index in [0.29, 0.717) is 22.1 Å². The number of pyridine rings is 1. The third-order valence-electron chi connectivity index (χ3n) is 2.22. The Morgan fingerprint density at radius 2 is 2.11 bits per heavy atom. The summed E-state index contributed by atoms with van der Waals surface area (Å²) in [6.07, 6.45) is 1.48. The zero-order chi connectivity index (χ0) is 13.1. The highest BCUT2D eigenvalue weighted by molar-refractivity contribution is 9.10. The van der Waals surface area contributed by atoms with Crippen LogP contribution in [0.2, 0.25) is 5.02 Å². The van der Waals surface area contributed by atoms with E-state index in [4.69, 9.17) is 17.3 Å². The SMILES string of the molecule is Nc1cc(C(=O)Nc2cc(Br)ccc2Cl)ccn1. The van der Waals surface area contributed by atoms with Gasteiger partial charge >= 0.3 is 0 Å². The van der Waals surface area contributed by atoms with Gasteiger partial charge in [0.15, 0.2) is 0 Å². The fraction of sp³-hybridized carbons (Fsp3) is 0. The summed E-state index contributed by atoms with van der Waals surface area (Å²) in [5, 5.41) is 3.18. The third kappa shape index (κ3) is 3.00. The van der Waals surface area contributed by atoms with Gasteiger partial charge in [0.25, 0.3) is 5.91 Å². The van der Waals surface area contributed by atoms with Crippen molar-refractivity contribution in [3.63, 3.8) is 0 Å². The minimum absolute atomic E-state index is 0.288. The third-order valence-corrected chi connectivity index (χ3v) is 3.04. The van der Waals surface area contributed by atoms with Gasteiger partial charge in [0.1, 0.15) is 5.82 Å². The van der Waals surface area contributed by atoms with Crippen molar-refractivity contribution in [1.82, 2.24) is 4.98 Å². The van der Waals surface area contributed by atoms with Crippen molar-refractivity contribution in [2.45, 2.75) is 0 Å². The second-order valence-corrected chi connectivity index (χ2v) is 4.87. The van der Waals surface area contributed by atoms with E-state index in [0.717, 1.165) is 4.47 Å². The first-order valence-electron chi connectivity index (χ1n) is 5.04. The molecule has 2 rings (SSSR count). The van der Waals surface area contributed by atoms with Gasteiger partial charge in [-0.1, -0.05) is 27.5 Å². The molecule has 1 amide bonds. The fourth-order valence-electron chi connectivity index (χ4n) is 1.38. The molecule has 1 aromatic carbocycles. The number of aromatic nitrogens is 1. The largest absolute Gasteiger partial charge is 0.384 e. The van der Waals surface area contributed by atoms with E-state index in [1.807, 2.05) is 0 Å². The van der Waals surface area contributed by atoms with Gasteiger partial charge in [-0.2, -0.15) is 0 Å².